The molecule has 1 fully saturated rings. The van der Waals surface area contributed by atoms with Gasteiger partial charge in [-0.25, -0.2) is 9.97 Å². The average molecular weight is 281 g/mol. The van der Waals surface area contributed by atoms with Crippen LogP contribution < -0.4 is 10.6 Å². The zero-order chi connectivity index (χ0) is 14.7. The fraction of sp³-hybridized carbons (Fsp3) is 0.667. The second kappa shape index (κ2) is 6.00. The van der Waals surface area contributed by atoms with Gasteiger partial charge in [-0.1, -0.05) is 0 Å². The van der Waals surface area contributed by atoms with Gasteiger partial charge in [0.1, 0.15) is 6.33 Å². The van der Waals surface area contributed by atoms with Crippen LogP contribution >= 0.6 is 0 Å². The third-order valence-electron chi connectivity index (χ3n) is 3.62. The molecule has 1 unspecified atom stereocenters. The molecule has 0 amide bonds. The van der Waals surface area contributed by atoms with Crippen LogP contribution in [0.1, 0.15) is 19.8 Å². The van der Waals surface area contributed by atoms with E-state index in [1.54, 1.807) is 7.11 Å². The second-order valence-corrected chi connectivity index (χ2v) is 4.95. The van der Waals surface area contributed by atoms with Crippen LogP contribution in [0.15, 0.2) is 6.33 Å². The summed E-state index contributed by atoms with van der Waals surface area (Å²) in [7, 11) is 1.60. The first-order valence-electron chi connectivity index (χ1n) is 6.56. The summed E-state index contributed by atoms with van der Waals surface area (Å²) < 4.78 is 5.09. The first-order valence-corrected chi connectivity index (χ1v) is 6.56. The number of nitro groups is 1. The number of nitrogen functional groups attached to an aromatic ring is 1. The molecule has 8 nitrogen and oxygen atoms in total. The number of aromatic nitrogens is 2. The molecule has 0 bridgehead atoms. The van der Waals surface area contributed by atoms with Gasteiger partial charge >= 0.3 is 5.69 Å². The van der Waals surface area contributed by atoms with Crippen LogP contribution in [0, 0.1) is 16.0 Å². The average Bonchev–Trinajstić information content (AvgIpc) is 3.22. The Bertz CT molecular complexity index is 492. The fourth-order valence-electron chi connectivity index (χ4n) is 2.29. The highest BCUT2D eigenvalue weighted by molar-refractivity contribution is 5.68. The predicted octanol–water partition coefficient (Wildman–Crippen LogP) is 1.22. The number of ether oxygens (including phenoxy) is 1. The van der Waals surface area contributed by atoms with Gasteiger partial charge in [-0.15, -0.1) is 0 Å². The first-order chi connectivity index (χ1) is 9.56. The van der Waals surface area contributed by atoms with Crippen molar-refractivity contribution in [3.8, 4) is 0 Å². The van der Waals surface area contributed by atoms with Crippen molar-refractivity contribution in [2.45, 2.75) is 25.8 Å². The smallest absolute Gasteiger partial charge is 0.353 e. The van der Waals surface area contributed by atoms with Crippen molar-refractivity contribution in [1.82, 2.24) is 9.97 Å². The highest BCUT2D eigenvalue weighted by Crippen LogP contribution is 2.39. The van der Waals surface area contributed by atoms with Crippen molar-refractivity contribution < 1.29 is 9.66 Å². The number of anilines is 2. The zero-order valence-electron chi connectivity index (χ0n) is 11.7. The van der Waals surface area contributed by atoms with Gasteiger partial charge in [0.15, 0.2) is 0 Å². The SMILES string of the molecule is COCCN(c1ncnc(N)c1[N+](=O)[O-])C(C)C1CC1. The van der Waals surface area contributed by atoms with Gasteiger partial charge in [-0.3, -0.25) is 10.1 Å². The van der Waals surface area contributed by atoms with E-state index in [1.807, 2.05) is 4.90 Å². The van der Waals surface area contributed by atoms with E-state index in [1.165, 1.54) is 6.33 Å². The van der Waals surface area contributed by atoms with Gasteiger partial charge in [-0.2, -0.15) is 0 Å². The molecule has 1 atom stereocenters. The van der Waals surface area contributed by atoms with Gasteiger partial charge in [0, 0.05) is 19.7 Å². The van der Waals surface area contributed by atoms with Crippen LogP contribution in [0.4, 0.5) is 17.3 Å². The molecule has 0 aliphatic heterocycles. The molecule has 2 N–H and O–H groups in total. The Morgan fingerprint density at radius 3 is 2.85 bits per heavy atom. The van der Waals surface area contributed by atoms with Gasteiger partial charge in [-0.05, 0) is 25.7 Å². The Labute approximate surface area is 117 Å². The summed E-state index contributed by atoms with van der Waals surface area (Å²) in [5.74, 6) is 0.715. The van der Waals surface area contributed by atoms with Crippen LogP contribution in [0.5, 0.6) is 0 Å². The summed E-state index contributed by atoms with van der Waals surface area (Å²) >= 11 is 0. The molecule has 0 spiro atoms. The van der Waals surface area contributed by atoms with Gasteiger partial charge in [0.2, 0.25) is 11.6 Å². The quantitative estimate of drug-likeness (QED) is 0.591. The lowest BCUT2D eigenvalue weighted by Gasteiger charge is -2.29. The maximum Gasteiger partial charge on any atom is 0.353 e. The maximum absolute atomic E-state index is 11.2. The minimum Gasteiger partial charge on any atom is -0.383 e. The zero-order valence-corrected chi connectivity index (χ0v) is 11.7. The molecule has 1 aliphatic rings. The molecule has 1 aliphatic carbocycles. The molecule has 1 aromatic heterocycles. The molecule has 8 heteroatoms. The van der Waals surface area contributed by atoms with E-state index in [9.17, 15) is 10.1 Å². The largest absolute Gasteiger partial charge is 0.383 e. The number of rotatable bonds is 7. The molecule has 0 saturated heterocycles. The Morgan fingerprint density at radius 1 is 1.60 bits per heavy atom. The molecule has 2 rings (SSSR count). The van der Waals surface area contributed by atoms with Crippen molar-refractivity contribution in [3.05, 3.63) is 16.4 Å². The highest BCUT2D eigenvalue weighted by Gasteiger charge is 2.36. The maximum atomic E-state index is 11.2. The minimum atomic E-state index is -0.524. The number of nitrogens with two attached hydrogens (primary N) is 1. The van der Waals surface area contributed by atoms with E-state index in [4.69, 9.17) is 10.5 Å². The lowest BCUT2D eigenvalue weighted by molar-refractivity contribution is -0.383. The lowest BCUT2D eigenvalue weighted by Crippen LogP contribution is -2.38. The third kappa shape index (κ3) is 2.96. The molecule has 1 saturated carbocycles. The molecular formula is C12H19N5O3. The Hall–Kier alpha value is -1.96. The first kappa shape index (κ1) is 14.4. The summed E-state index contributed by atoms with van der Waals surface area (Å²) in [4.78, 5) is 20.4. The van der Waals surface area contributed by atoms with Gasteiger partial charge < -0.3 is 15.4 Å². The number of nitrogens with zero attached hydrogens (tertiary/aromatic N) is 4. The summed E-state index contributed by atoms with van der Waals surface area (Å²) in [5.41, 5.74) is 5.40. The van der Waals surface area contributed by atoms with E-state index in [-0.39, 0.29) is 23.4 Å². The van der Waals surface area contributed by atoms with Crippen molar-refractivity contribution >= 4 is 17.3 Å². The molecule has 110 valence electrons. The Kier molecular flexibility index (Phi) is 4.33. The van der Waals surface area contributed by atoms with Crippen molar-refractivity contribution in [2.24, 2.45) is 5.92 Å². The molecular weight excluding hydrogens is 262 g/mol. The summed E-state index contributed by atoms with van der Waals surface area (Å²) in [5, 5.41) is 11.2. The number of methoxy groups -OCH3 is 1. The Morgan fingerprint density at radius 2 is 2.30 bits per heavy atom. The van der Waals surface area contributed by atoms with Crippen molar-refractivity contribution in [2.75, 3.05) is 30.9 Å². The van der Waals surface area contributed by atoms with Crippen LogP contribution in [-0.2, 0) is 4.74 Å². The highest BCUT2D eigenvalue weighted by atomic mass is 16.6. The van der Waals surface area contributed by atoms with Crippen LogP contribution in [0.25, 0.3) is 0 Å². The standard InChI is InChI=1S/C12H19N5O3/c1-8(9-3-4-9)16(5-6-20-2)12-10(17(18)19)11(13)14-7-15-12/h7-9H,3-6H2,1-2H3,(H2,13,14,15). The predicted molar refractivity (Wildman–Crippen MR) is 74.5 cm³/mol. The number of hydrogen-bond acceptors (Lipinski definition) is 7. The summed E-state index contributed by atoms with van der Waals surface area (Å²) in [6.45, 7) is 3.05. The Balaban J connectivity index is 2.36. The molecule has 1 aromatic rings. The lowest BCUT2D eigenvalue weighted by atomic mass is 10.1. The van der Waals surface area contributed by atoms with Gasteiger partial charge in [0.25, 0.3) is 0 Å². The van der Waals surface area contributed by atoms with Crippen LogP contribution in [0.2, 0.25) is 0 Å². The van der Waals surface area contributed by atoms with E-state index in [0.29, 0.717) is 19.1 Å². The van der Waals surface area contributed by atoms with Crippen molar-refractivity contribution in [1.29, 1.82) is 0 Å². The molecule has 0 aromatic carbocycles. The van der Waals surface area contributed by atoms with E-state index >= 15 is 0 Å². The van der Waals surface area contributed by atoms with E-state index in [0.717, 1.165) is 12.8 Å². The molecule has 0 radical (unpaired) electrons. The van der Waals surface area contributed by atoms with Crippen LogP contribution in [0.3, 0.4) is 0 Å². The monoisotopic (exact) mass is 281 g/mol. The second-order valence-electron chi connectivity index (χ2n) is 4.95. The van der Waals surface area contributed by atoms with Crippen LogP contribution in [-0.4, -0.2) is 41.2 Å². The normalized spacial score (nSPS) is 15.9. The minimum absolute atomic E-state index is 0.106. The topological polar surface area (TPSA) is 107 Å². The van der Waals surface area contributed by atoms with Crippen molar-refractivity contribution in [3.63, 3.8) is 0 Å². The van der Waals surface area contributed by atoms with Gasteiger partial charge in [0.05, 0.1) is 11.5 Å². The number of hydrogen-bond donors (Lipinski definition) is 1. The van der Waals surface area contributed by atoms with E-state index < -0.39 is 4.92 Å². The molecule has 1 heterocycles. The summed E-state index contributed by atoms with van der Waals surface area (Å²) in [6, 6.07) is 0.165. The molecule has 20 heavy (non-hydrogen) atoms. The van der Waals surface area contributed by atoms with E-state index in [2.05, 4.69) is 16.9 Å². The third-order valence-corrected chi connectivity index (χ3v) is 3.62. The fourth-order valence-corrected chi connectivity index (χ4v) is 2.29. The summed E-state index contributed by atoms with van der Waals surface area (Å²) in [6.07, 6.45) is 3.54.